The summed E-state index contributed by atoms with van der Waals surface area (Å²) in [5.41, 5.74) is 3.27. The van der Waals surface area contributed by atoms with Crippen molar-refractivity contribution in [2.45, 2.75) is 25.3 Å². The van der Waals surface area contributed by atoms with Crippen molar-refractivity contribution in [3.63, 3.8) is 0 Å². The molecule has 0 aromatic carbocycles. The van der Waals surface area contributed by atoms with Gasteiger partial charge in [0.1, 0.15) is 0 Å². The minimum atomic E-state index is 0.560. The lowest BCUT2D eigenvalue weighted by Gasteiger charge is -2.35. The lowest BCUT2D eigenvalue weighted by molar-refractivity contribution is 0.249. The number of fused-ring (bicyclic) bond motifs is 1. The summed E-state index contributed by atoms with van der Waals surface area (Å²) < 4.78 is 1.90. The second-order valence-electron chi connectivity index (χ2n) is 6.94. The van der Waals surface area contributed by atoms with E-state index in [1.807, 2.05) is 29.2 Å². The zero-order chi connectivity index (χ0) is 16.6. The minimum absolute atomic E-state index is 0.560. The maximum atomic E-state index is 4.59. The number of hydrogen-bond acceptors (Lipinski definition) is 6. The molecule has 1 aliphatic heterocycles. The van der Waals surface area contributed by atoms with E-state index in [-0.39, 0.29) is 0 Å². The summed E-state index contributed by atoms with van der Waals surface area (Å²) >= 11 is 0. The van der Waals surface area contributed by atoms with Crippen LogP contribution in [0.5, 0.6) is 0 Å². The molecule has 5 rings (SSSR count). The second kappa shape index (κ2) is 6.07. The average Bonchev–Trinajstić information content (AvgIpc) is 3.42. The molecule has 1 saturated carbocycles. The number of piperazine rings is 1. The molecule has 1 aliphatic carbocycles. The third kappa shape index (κ3) is 2.95. The van der Waals surface area contributed by atoms with Crippen LogP contribution in [-0.2, 0) is 6.54 Å². The van der Waals surface area contributed by atoms with Crippen LogP contribution in [0, 0.1) is 0 Å². The Morgan fingerprint density at radius 1 is 1.04 bits per heavy atom. The van der Waals surface area contributed by atoms with Crippen molar-refractivity contribution in [3.8, 4) is 0 Å². The third-order valence-corrected chi connectivity index (χ3v) is 5.08. The molecule has 0 radical (unpaired) electrons. The Hall–Kier alpha value is -2.54. The standard InChI is InChI=1S/C18H21N7/c1-2-14(11-19-5-1)13-23-6-8-24(9-7-23)16-10-17-21-22-18(15-3-4-15)25(17)20-12-16/h1-2,5,10-12,15H,3-4,6-9,13H2. The normalized spacial score (nSPS) is 18.8. The predicted octanol–water partition coefficient (Wildman–Crippen LogP) is 1.72. The van der Waals surface area contributed by atoms with E-state index in [1.165, 1.54) is 18.4 Å². The predicted molar refractivity (Wildman–Crippen MR) is 94.5 cm³/mol. The summed E-state index contributed by atoms with van der Waals surface area (Å²) in [5, 5.41) is 13.2. The molecule has 7 heteroatoms. The van der Waals surface area contributed by atoms with Crippen molar-refractivity contribution in [1.82, 2.24) is 29.7 Å². The minimum Gasteiger partial charge on any atom is -0.368 e. The summed E-state index contributed by atoms with van der Waals surface area (Å²) in [7, 11) is 0. The third-order valence-electron chi connectivity index (χ3n) is 5.08. The van der Waals surface area contributed by atoms with Gasteiger partial charge in [0.25, 0.3) is 0 Å². The van der Waals surface area contributed by atoms with Crippen LogP contribution >= 0.6 is 0 Å². The summed E-state index contributed by atoms with van der Waals surface area (Å²) in [4.78, 5) is 9.06. The van der Waals surface area contributed by atoms with Gasteiger partial charge >= 0.3 is 0 Å². The number of hydrogen-bond donors (Lipinski definition) is 0. The highest BCUT2D eigenvalue weighted by Crippen LogP contribution is 2.38. The summed E-state index contributed by atoms with van der Waals surface area (Å²) in [6.45, 7) is 5.05. The molecule has 2 fully saturated rings. The molecule has 25 heavy (non-hydrogen) atoms. The zero-order valence-corrected chi connectivity index (χ0v) is 14.1. The Labute approximate surface area is 146 Å². The van der Waals surface area contributed by atoms with Crippen LogP contribution in [0.4, 0.5) is 5.69 Å². The van der Waals surface area contributed by atoms with E-state index in [1.54, 1.807) is 0 Å². The Morgan fingerprint density at radius 2 is 1.92 bits per heavy atom. The molecule has 0 amide bonds. The van der Waals surface area contributed by atoms with Crippen molar-refractivity contribution >= 4 is 11.3 Å². The first-order chi connectivity index (χ1) is 12.4. The van der Waals surface area contributed by atoms with E-state index in [0.29, 0.717) is 5.92 Å². The van der Waals surface area contributed by atoms with Crippen molar-refractivity contribution in [1.29, 1.82) is 0 Å². The molecule has 0 atom stereocenters. The highest BCUT2D eigenvalue weighted by molar-refractivity contribution is 5.54. The molecule has 0 bridgehead atoms. The van der Waals surface area contributed by atoms with E-state index in [9.17, 15) is 0 Å². The first-order valence-electron chi connectivity index (χ1n) is 8.94. The molecule has 4 heterocycles. The van der Waals surface area contributed by atoms with E-state index in [2.05, 4.69) is 42.2 Å². The van der Waals surface area contributed by atoms with Crippen molar-refractivity contribution in [2.24, 2.45) is 0 Å². The molecular formula is C18H21N7. The number of pyridine rings is 1. The first kappa shape index (κ1) is 14.8. The van der Waals surface area contributed by atoms with Crippen LogP contribution in [0.3, 0.4) is 0 Å². The van der Waals surface area contributed by atoms with Gasteiger partial charge in [-0.3, -0.25) is 9.88 Å². The molecule has 3 aromatic heterocycles. The molecule has 0 N–H and O–H groups in total. The van der Waals surface area contributed by atoms with Gasteiger partial charge in [-0.15, -0.1) is 10.2 Å². The van der Waals surface area contributed by atoms with Crippen LogP contribution in [0.2, 0.25) is 0 Å². The fourth-order valence-corrected chi connectivity index (χ4v) is 3.48. The van der Waals surface area contributed by atoms with Gasteiger partial charge in [0.05, 0.1) is 11.9 Å². The van der Waals surface area contributed by atoms with Gasteiger partial charge in [0, 0.05) is 57.1 Å². The van der Waals surface area contributed by atoms with Crippen LogP contribution in [-0.4, -0.2) is 55.9 Å². The van der Waals surface area contributed by atoms with Crippen molar-refractivity contribution in [3.05, 3.63) is 48.2 Å². The Kier molecular flexibility index (Phi) is 3.59. The molecular weight excluding hydrogens is 314 g/mol. The molecule has 3 aromatic rings. The molecule has 7 nitrogen and oxygen atoms in total. The van der Waals surface area contributed by atoms with Gasteiger partial charge in [0.2, 0.25) is 0 Å². The van der Waals surface area contributed by atoms with E-state index >= 15 is 0 Å². The maximum Gasteiger partial charge on any atom is 0.179 e. The second-order valence-corrected chi connectivity index (χ2v) is 6.94. The summed E-state index contributed by atoms with van der Waals surface area (Å²) in [6, 6.07) is 6.25. The van der Waals surface area contributed by atoms with Gasteiger partial charge in [0.15, 0.2) is 11.5 Å². The maximum absolute atomic E-state index is 4.59. The highest BCUT2D eigenvalue weighted by atomic mass is 15.4. The van der Waals surface area contributed by atoms with Gasteiger partial charge < -0.3 is 4.90 Å². The largest absolute Gasteiger partial charge is 0.368 e. The number of rotatable bonds is 4. The Morgan fingerprint density at radius 3 is 2.68 bits per heavy atom. The smallest absolute Gasteiger partial charge is 0.179 e. The first-order valence-corrected chi connectivity index (χ1v) is 8.94. The van der Waals surface area contributed by atoms with Gasteiger partial charge in [-0.1, -0.05) is 6.07 Å². The quantitative estimate of drug-likeness (QED) is 0.723. The topological polar surface area (TPSA) is 62.5 Å². The molecule has 0 unspecified atom stereocenters. The Balaban J connectivity index is 1.26. The molecule has 128 valence electrons. The molecule has 2 aliphatic rings. The van der Waals surface area contributed by atoms with E-state index in [0.717, 1.165) is 49.9 Å². The van der Waals surface area contributed by atoms with E-state index < -0.39 is 0 Å². The van der Waals surface area contributed by atoms with Crippen molar-refractivity contribution < 1.29 is 0 Å². The van der Waals surface area contributed by atoms with Crippen LogP contribution < -0.4 is 4.90 Å². The molecule has 0 spiro atoms. The van der Waals surface area contributed by atoms with Crippen LogP contribution in [0.25, 0.3) is 5.65 Å². The zero-order valence-electron chi connectivity index (χ0n) is 14.1. The van der Waals surface area contributed by atoms with Gasteiger partial charge in [-0.05, 0) is 24.5 Å². The molecule has 1 saturated heterocycles. The lowest BCUT2D eigenvalue weighted by atomic mass is 10.2. The monoisotopic (exact) mass is 335 g/mol. The number of aromatic nitrogens is 5. The lowest BCUT2D eigenvalue weighted by Crippen LogP contribution is -2.46. The highest BCUT2D eigenvalue weighted by Gasteiger charge is 2.29. The van der Waals surface area contributed by atoms with Gasteiger partial charge in [-0.25, -0.2) is 0 Å². The number of anilines is 1. The SMILES string of the molecule is c1cncc(CN2CCN(c3cnn4c(C5CC5)nnc4c3)CC2)c1. The Bertz CT molecular complexity index is 864. The van der Waals surface area contributed by atoms with E-state index in [4.69, 9.17) is 0 Å². The average molecular weight is 335 g/mol. The fraction of sp³-hybridized carbons (Fsp3) is 0.444. The van der Waals surface area contributed by atoms with Crippen molar-refractivity contribution in [2.75, 3.05) is 31.1 Å². The van der Waals surface area contributed by atoms with Crippen LogP contribution in [0.15, 0.2) is 36.8 Å². The summed E-state index contributed by atoms with van der Waals surface area (Å²) in [6.07, 6.45) is 8.15. The van der Waals surface area contributed by atoms with Gasteiger partial charge in [-0.2, -0.15) is 9.61 Å². The summed E-state index contributed by atoms with van der Waals surface area (Å²) in [5.74, 6) is 1.58. The van der Waals surface area contributed by atoms with Crippen LogP contribution in [0.1, 0.15) is 30.1 Å². The fourth-order valence-electron chi connectivity index (χ4n) is 3.48. The number of nitrogens with zero attached hydrogens (tertiary/aromatic N) is 7.